The highest BCUT2D eigenvalue weighted by Crippen LogP contribution is 2.23. The van der Waals surface area contributed by atoms with E-state index in [0.717, 1.165) is 36.8 Å². The predicted molar refractivity (Wildman–Crippen MR) is 98.2 cm³/mol. The van der Waals surface area contributed by atoms with Gasteiger partial charge in [-0.25, -0.2) is 0 Å². The van der Waals surface area contributed by atoms with Crippen LogP contribution in [0.25, 0.3) is 0 Å². The number of rotatable bonds is 7. The Morgan fingerprint density at radius 3 is 2.68 bits per heavy atom. The summed E-state index contributed by atoms with van der Waals surface area (Å²) in [4.78, 5) is 26.2. The van der Waals surface area contributed by atoms with Gasteiger partial charge in [0.25, 0.3) is 0 Å². The standard InChI is InChI=1S/C17H29N5O2S/c1-5-22-14(11-21-10-8-6-7-9-15(21)23)19-20-17(22)25-13(4)16(24)18-12(2)3/h12-13H,5-11H2,1-4H3,(H,18,24)/t13-/m0/s1. The summed E-state index contributed by atoms with van der Waals surface area (Å²) in [5.74, 6) is 0.980. The monoisotopic (exact) mass is 367 g/mol. The van der Waals surface area contributed by atoms with Crippen molar-refractivity contribution >= 4 is 23.6 Å². The molecule has 0 saturated carbocycles. The average molecular weight is 368 g/mol. The van der Waals surface area contributed by atoms with Crippen LogP contribution in [0, 0.1) is 0 Å². The third kappa shape index (κ3) is 5.45. The summed E-state index contributed by atoms with van der Waals surface area (Å²) < 4.78 is 2.00. The number of nitrogens with one attached hydrogen (secondary N) is 1. The third-order valence-electron chi connectivity index (χ3n) is 4.20. The van der Waals surface area contributed by atoms with Crippen molar-refractivity contribution in [3.63, 3.8) is 0 Å². The zero-order valence-corrected chi connectivity index (χ0v) is 16.4. The molecule has 1 aromatic rings. The topological polar surface area (TPSA) is 80.1 Å². The molecule has 0 radical (unpaired) electrons. The maximum absolute atomic E-state index is 12.2. The Morgan fingerprint density at radius 2 is 2.00 bits per heavy atom. The summed E-state index contributed by atoms with van der Waals surface area (Å²) in [5, 5.41) is 11.9. The Balaban J connectivity index is 2.07. The smallest absolute Gasteiger partial charge is 0.233 e. The molecular formula is C17H29N5O2S. The second kappa shape index (κ2) is 9.22. The van der Waals surface area contributed by atoms with E-state index in [0.29, 0.717) is 19.5 Å². The van der Waals surface area contributed by atoms with E-state index in [1.54, 1.807) is 0 Å². The Morgan fingerprint density at radius 1 is 1.24 bits per heavy atom. The molecule has 1 aromatic heterocycles. The van der Waals surface area contributed by atoms with Gasteiger partial charge in [-0.2, -0.15) is 0 Å². The van der Waals surface area contributed by atoms with Gasteiger partial charge in [0, 0.05) is 25.6 Å². The fraction of sp³-hybridized carbons (Fsp3) is 0.765. The molecule has 0 aromatic carbocycles. The number of likely N-dealkylation sites (tertiary alicyclic amines) is 1. The first-order valence-electron chi connectivity index (χ1n) is 9.09. The summed E-state index contributed by atoms with van der Waals surface area (Å²) in [5.41, 5.74) is 0. The molecule has 0 aliphatic carbocycles. The minimum Gasteiger partial charge on any atom is -0.353 e. The van der Waals surface area contributed by atoms with Crippen molar-refractivity contribution < 1.29 is 9.59 Å². The van der Waals surface area contributed by atoms with E-state index >= 15 is 0 Å². The molecule has 1 aliphatic heterocycles. The van der Waals surface area contributed by atoms with Crippen LogP contribution < -0.4 is 5.32 Å². The van der Waals surface area contributed by atoms with Gasteiger partial charge in [-0.1, -0.05) is 18.2 Å². The average Bonchev–Trinajstić information content (AvgIpc) is 2.81. The molecule has 1 atom stereocenters. The van der Waals surface area contributed by atoms with Gasteiger partial charge in [-0.05, 0) is 40.5 Å². The van der Waals surface area contributed by atoms with Crippen LogP contribution in [0.2, 0.25) is 0 Å². The molecule has 1 aliphatic rings. The molecule has 8 heteroatoms. The van der Waals surface area contributed by atoms with Gasteiger partial charge >= 0.3 is 0 Å². The molecule has 1 N–H and O–H groups in total. The van der Waals surface area contributed by atoms with Crippen LogP contribution in [0.4, 0.5) is 0 Å². The summed E-state index contributed by atoms with van der Waals surface area (Å²) in [6.45, 7) is 9.78. The van der Waals surface area contributed by atoms with Gasteiger partial charge < -0.3 is 14.8 Å². The SMILES string of the molecule is CCn1c(CN2CCCCCC2=O)nnc1S[C@@H](C)C(=O)NC(C)C. The molecule has 2 rings (SSSR count). The van der Waals surface area contributed by atoms with Crippen LogP contribution in [0.3, 0.4) is 0 Å². The lowest BCUT2D eigenvalue weighted by Crippen LogP contribution is -2.36. The van der Waals surface area contributed by atoms with Gasteiger partial charge in [0.15, 0.2) is 11.0 Å². The van der Waals surface area contributed by atoms with E-state index in [4.69, 9.17) is 0 Å². The fourth-order valence-electron chi connectivity index (χ4n) is 2.83. The largest absolute Gasteiger partial charge is 0.353 e. The zero-order chi connectivity index (χ0) is 18.4. The third-order valence-corrected chi connectivity index (χ3v) is 5.28. The lowest BCUT2D eigenvalue weighted by atomic mass is 10.2. The summed E-state index contributed by atoms with van der Waals surface area (Å²) in [7, 11) is 0. The quantitative estimate of drug-likeness (QED) is 0.748. The second-order valence-electron chi connectivity index (χ2n) is 6.69. The van der Waals surface area contributed by atoms with Crippen LogP contribution in [-0.2, 0) is 22.7 Å². The van der Waals surface area contributed by atoms with Crippen molar-refractivity contribution in [2.45, 2.75) is 82.9 Å². The molecule has 0 unspecified atom stereocenters. The molecular weight excluding hydrogens is 338 g/mol. The molecule has 1 saturated heterocycles. The van der Waals surface area contributed by atoms with Gasteiger partial charge in [-0.15, -0.1) is 10.2 Å². The first-order valence-corrected chi connectivity index (χ1v) is 9.97. The molecule has 140 valence electrons. The summed E-state index contributed by atoms with van der Waals surface area (Å²) in [6, 6.07) is 0.115. The highest BCUT2D eigenvalue weighted by molar-refractivity contribution is 8.00. The van der Waals surface area contributed by atoms with Crippen molar-refractivity contribution in [1.82, 2.24) is 25.0 Å². The zero-order valence-electron chi connectivity index (χ0n) is 15.6. The maximum atomic E-state index is 12.2. The van der Waals surface area contributed by atoms with Gasteiger partial charge in [-0.3, -0.25) is 9.59 Å². The Bertz CT molecular complexity index is 602. The molecule has 0 spiro atoms. The summed E-state index contributed by atoms with van der Waals surface area (Å²) >= 11 is 1.41. The van der Waals surface area contributed by atoms with Crippen LogP contribution >= 0.6 is 11.8 Å². The van der Waals surface area contributed by atoms with Gasteiger partial charge in [0.1, 0.15) is 0 Å². The van der Waals surface area contributed by atoms with Crippen molar-refractivity contribution in [2.75, 3.05) is 6.54 Å². The molecule has 2 heterocycles. The number of aromatic nitrogens is 3. The normalized spacial score (nSPS) is 16.8. The highest BCUT2D eigenvalue weighted by atomic mass is 32.2. The molecule has 0 bridgehead atoms. The number of carbonyl (C=O) groups excluding carboxylic acids is 2. The maximum Gasteiger partial charge on any atom is 0.233 e. The Labute approximate surface area is 153 Å². The van der Waals surface area contributed by atoms with E-state index < -0.39 is 0 Å². The van der Waals surface area contributed by atoms with Crippen LogP contribution in [0.1, 0.15) is 59.2 Å². The lowest BCUT2D eigenvalue weighted by Gasteiger charge is -2.20. The number of hydrogen-bond acceptors (Lipinski definition) is 5. The van der Waals surface area contributed by atoms with E-state index in [9.17, 15) is 9.59 Å². The Hall–Kier alpha value is -1.57. The van der Waals surface area contributed by atoms with Gasteiger partial charge in [0.2, 0.25) is 11.8 Å². The highest BCUT2D eigenvalue weighted by Gasteiger charge is 2.23. The first-order chi connectivity index (χ1) is 11.9. The van der Waals surface area contributed by atoms with E-state index in [1.807, 2.05) is 37.2 Å². The van der Waals surface area contributed by atoms with Crippen molar-refractivity contribution in [3.8, 4) is 0 Å². The molecule has 7 nitrogen and oxygen atoms in total. The number of nitrogens with zero attached hydrogens (tertiary/aromatic N) is 4. The minimum absolute atomic E-state index is 0.00472. The number of hydrogen-bond donors (Lipinski definition) is 1. The molecule has 1 fully saturated rings. The van der Waals surface area contributed by atoms with E-state index in [2.05, 4.69) is 15.5 Å². The fourth-order valence-corrected chi connectivity index (χ4v) is 3.77. The minimum atomic E-state index is -0.246. The first kappa shape index (κ1) is 19.8. The van der Waals surface area contributed by atoms with E-state index in [1.165, 1.54) is 11.8 Å². The van der Waals surface area contributed by atoms with Crippen LogP contribution in [0.5, 0.6) is 0 Å². The van der Waals surface area contributed by atoms with Gasteiger partial charge in [0.05, 0.1) is 11.8 Å². The predicted octanol–water partition coefficient (Wildman–Crippen LogP) is 2.21. The van der Waals surface area contributed by atoms with Crippen LogP contribution in [-0.4, -0.2) is 49.3 Å². The number of thioether (sulfide) groups is 1. The number of carbonyl (C=O) groups is 2. The van der Waals surface area contributed by atoms with Crippen molar-refractivity contribution in [1.29, 1.82) is 0 Å². The molecule has 2 amide bonds. The summed E-state index contributed by atoms with van der Waals surface area (Å²) in [6.07, 6.45) is 3.74. The van der Waals surface area contributed by atoms with E-state index in [-0.39, 0.29) is 23.1 Å². The second-order valence-corrected chi connectivity index (χ2v) is 8.00. The van der Waals surface area contributed by atoms with Crippen LogP contribution in [0.15, 0.2) is 5.16 Å². The lowest BCUT2D eigenvalue weighted by molar-refractivity contribution is -0.131. The van der Waals surface area contributed by atoms with Crippen molar-refractivity contribution in [2.24, 2.45) is 0 Å². The Kier molecular flexibility index (Phi) is 7.28. The van der Waals surface area contributed by atoms with Crippen molar-refractivity contribution in [3.05, 3.63) is 5.82 Å². The molecule has 25 heavy (non-hydrogen) atoms. The number of amides is 2.